The zero-order valence-corrected chi connectivity index (χ0v) is 18.1. The average Bonchev–Trinajstić information content (AvgIpc) is 2.84. The van der Waals surface area contributed by atoms with Gasteiger partial charge in [-0.25, -0.2) is 0 Å². The van der Waals surface area contributed by atoms with Crippen molar-refractivity contribution in [3.63, 3.8) is 0 Å². The first-order chi connectivity index (χ1) is 14.9. The van der Waals surface area contributed by atoms with Gasteiger partial charge in [0.1, 0.15) is 16.9 Å². The lowest BCUT2D eigenvalue weighted by Gasteiger charge is -2.49. The fourth-order valence-corrected chi connectivity index (χ4v) is 6.04. The molecule has 3 rings (SSSR count). The van der Waals surface area contributed by atoms with Gasteiger partial charge in [0.25, 0.3) is 0 Å². The smallest absolute Gasteiger partial charge is 0.384 e. The number of nitrogens with zero attached hydrogens (tertiary/aromatic N) is 3. The van der Waals surface area contributed by atoms with Crippen LogP contribution in [0.25, 0.3) is 0 Å². The number of thiophene rings is 1. The van der Waals surface area contributed by atoms with Crippen molar-refractivity contribution in [2.24, 2.45) is 17.1 Å². The first kappa shape index (κ1) is 24.0. The molecule has 4 nitrogen and oxygen atoms in total. The van der Waals surface area contributed by atoms with Gasteiger partial charge >= 0.3 is 12.4 Å². The molecule has 0 saturated carbocycles. The van der Waals surface area contributed by atoms with E-state index < -0.39 is 41.5 Å². The van der Waals surface area contributed by atoms with Crippen LogP contribution in [0.15, 0.2) is 23.2 Å². The number of fused-ring (bicyclic) bond motifs is 1. The SMILES string of the molecule is CCc1c(C)sc(N2C3=CCCCC[C@H]3C(C(F)(F)F)(C(F)(F)F)C(C#N)=C2N)c1C#N. The number of allylic oxidation sites excluding steroid dienone is 3. The molecule has 11 heteroatoms. The second-order valence-corrected chi connectivity index (χ2v) is 8.96. The van der Waals surface area contributed by atoms with E-state index >= 15 is 0 Å². The van der Waals surface area contributed by atoms with E-state index in [-0.39, 0.29) is 29.1 Å². The standard InChI is InChI=1S/C21H20F6N4S/c1-3-12-11(2)32-18(13(12)9-28)31-16-8-6-4-5-7-14(16)19(20(22,23)24,21(25,26)27)15(10-29)17(31)30/h8,14H,3-7,30H2,1-2H3/t14-/m1/s1. The Morgan fingerprint density at radius 2 is 1.78 bits per heavy atom. The van der Waals surface area contributed by atoms with Gasteiger partial charge < -0.3 is 5.73 Å². The molecule has 1 aliphatic heterocycles. The number of nitriles is 2. The molecule has 0 amide bonds. The molecule has 2 aliphatic rings. The van der Waals surface area contributed by atoms with Crippen molar-refractivity contribution in [1.82, 2.24) is 0 Å². The van der Waals surface area contributed by atoms with E-state index in [1.165, 1.54) is 6.08 Å². The van der Waals surface area contributed by atoms with E-state index in [1.54, 1.807) is 13.8 Å². The van der Waals surface area contributed by atoms with Crippen molar-refractivity contribution in [2.75, 3.05) is 4.90 Å². The summed E-state index contributed by atoms with van der Waals surface area (Å²) in [5.41, 5.74) is 0.499. The summed E-state index contributed by atoms with van der Waals surface area (Å²) in [6, 6.07) is 3.17. The number of hydrogen-bond acceptors (Lipinski definition) is 5. The Bertz CT molecular complexity index is 1050. The van der Waals surface area contributed by atoms with Crippen molar-refractivity contribution in [3.05, 3.63) is 39.2 Å². The Kier molecular flexibility index (Phi) is 6.03. The number of alkyl halides is 6. The van der Waals surface area contributed by atoms with Crippen LogP contribution in [-0.2, 0) is 6.42 Å². The maximum atomic E-state index is 14.3. The lowest BCUT2D eigenvalue weighted by atomic mass is 9.63. The number of rotatable bonds is 2. The van der Waals surface area contributed by atoms with Gasteiger partial charge in [-0.1, -0.05) is 19.4 Å². The van der Waals surface area contributed by atoms with Gasteiger partial charge in [0, 0.05) is 16.5 Å². The van der Waals surface area contributed by atoms with Crippen LogP contribution in [0, 0.1) is 40.9 Å². The van der Waals surface area contributed by atoms with Crippen molar-refractivity contribution < 1.29 is 26.3 Å². The highest BCUT2D eigenvalue weighted by molar-refractivity contribution is 7.16. The van der Waals surface area contributed by atoms with E-state index in [4.69, 9.17) is 5.73 Å². The quantitative estimate of drug-likeness (QED) is 0.519. The second kappa shape index (κ2) is 8.04. The van der Waals surface area contributed by atoms with Crippen LogP contribution in [0.2, 0.25) is 0 Å². The summed E-state index contributed by atoms with van der Waals surface area (Å²) in [7, 11) is 0. The number of nitrogens with two attached hydrogens (primary N) is 1. The van der Waals surface area contributed by atoms with Crippen molar-refractivity contribution >= 4 is 16.3 Å². The summed E-state index contributed by atoms with van der Waals surface area (Å²) in [6.07, 6.45) is -9.46. The molecule has 172 valence electrons. The molecule has 0 radical (unpaired) electrons. The Balaban J connectivity index is 2.48. The highest BCUT2D eigenvalue weighted by Gasteiger charge is 2.78. The number of aryl methyl sites for hydroxylation is 1. The first-order valence-corrected chi connectivity index (χ1v) is 10.8. The maximum Gasteiger partial charge on any atom is 0.408 e. The van der Waals surface area contributed by atoms with Crippen molar-refractivity contribution in [1.29, 1.82) is 10.5 Å². The Labute approximate surface area is 185 Å². The fourth-order valence-electron chi connectivity index (χ4n) is 4.82. The van der Waals surface area contributed by atoms with Gasteiger partial charge in [0.15, 0.2) is 0 Å². The third kappa shape index (κ3) is 3.17. The minimum Gasteiger partial charge on any atom is -0.384 e. The fraction of sp³-hybridized carbons (Fsp3) is 0.524. The predicted octanol–water partition coefficient (Wildman–Crippen LogP) is 6.19. The van der Waals surface area contributed by atoms with Crippen LogP contribution < -0.4 is 10.6 Å². The Hall–Kier alpha value is -2.66. The molecule has 32 heavy (non-hydrogen) atoms. The number of halogens is 6. The molecule has 2 heterocycles. The molecule has 0 aromatic carbocycles. The third-order valence-electron chi connectivity index (χ3n) is 6.19. The Morgan fingerprint density at radius 3 is 2.28 bits per heavy atom. The second-order valence-electron chi connectivity index (χ2n) is 7.76. The summed E-state index contributed by atoms with van der Waals surface area (Å²) in [5.74, 6) is -3.03. The van der Waals surface area contributed by atoms with Gasteiger partial charge in [0.2, 0.25) is 5.41 Å². The van der Waals surface area contributed by atoms with E-state index in [9.17, 15) is 36.9 Å². The first-order valence-electron chi connectivity index (χ1n) is 9.94. The van der Waals surface area contributed by atoms with Crippen molar-refractivity contribution in [3.8, 4) is 12.1 Å². The van der Waals surface area contributed by atoms with E-state index in [2.05, 4.69) is 0 Å². The van der Waals surface area contributed by atoms with Gasteiger partial charge in [-0.2, -0.15) is 36.9 Å². The minimum absolute atomic E-state index is 0.125. The topological polar surface area (TPSA) is 76.8 Å². The van der Waals surface area contributed by atoms with Gasteiger partial charge in [0.05, 0.1) is 17.2 Å². The molecular weight excluding hydrogens is 454 g/mol. The number of anilines is 1. The Morgan fingerprint density at radius 1 is 1.16 bits per heavy atom. The molecule has 0 unspecified atom stereocenters. The summed E-state index contributed by atoms with van der Waals surface area (Å²) >= 11 is 1.07. The van der Waals surface area contributed by atoms with Crippen LogP contribution in [0.3, 0.4) is 0 Å². The largest absolute Gasteiger partial charge is 0.408 e. The lowest BCUT2D eigenvalue weighted by Crippen LogP contribution is -2.61. The third-order valence-corrected chi connectivity index (χ3v) is 7.33. The molecule has 0 spiro atoms. The normalized spacial score (nSPS) is 21.4. The molecule has 2 N–H and O–H groups in total. The highest BCUT2D eigenvalue weighted by Crippen LogP contribution is 2.65. The highest BCUT2D eigenvalue weighted by atomic mass is 32.1. The summed E-state index contributed by atoms with van der Waals surface area (Å²) < 4.78 is 86.1. The zero-order valence-electron chi connectivity index (χ0n) is 17.3. The zero-order chi connectivity index (χ0) is 24.1. The molecule has 1 aromatic rings. The minimum atomic E-state index is -5.81. The lowest BCUT2D eigenvalue weighted by molar-refractivity contribution is -0.339. The van der Waals surface area contributed by atoms with Gasteiger partial charge in [-0.3, -0.25) is 4.90 Å². The van der Waals surface area contributed by atoms with E-state index in [0.717, 1.165) is 22.3 Å². The molecule has 1 aliphatic carbocycles. The van der Waals surface area contributed by atoms with Gasteiger partial charge in [-0.15, -0.1) is 11.3 Å². The molecule has 0 bridgehead atoms. The summed E-state index contributed by atoms with van der Waals surface area (Å²) in [5, 5.41) is 19.5. The van der Waals surface area contributed by atoms with Crippen LogP contribution in [-0.4, -0.2) is 12.4 Å². The van der Waals surface area contributed by atoms with Crippen molar-refractivity contribution in [2.45, 2.75) is 58.3 Å². The van der Waals surface area contributed by atoms with Crippen LogP contribution >= 0.6 is 11.3 Å². The maximum absolute atomic E-state index is 14.3. The molecular formula is C21H20F6N4S. The van der Waals surface area contributed by atoms with E-state index in [0.29, 0.717) is 23.3 Å². The van der Waals surface area contributed by atoms with Gasteiger partial charge in [-0.05, 0) is 38.2 Å². The van der Waals surface area contributed by atoms with E-state index in [1.807, 2.05) is 6.07 Å². The molecule has 1 atom stereocenters. The summed E-state index contributed by atoms with van der Waals surface area (Å²) in [4.78, 5) is 1.79. The average molecular weight is 474 g/mol. The van der Waals surface area contributed by atoms with Crippen LogP contribution in [0.1, 0.15) is 48.6 Å². The molecule has 0 saturated heterocycles. The summed E-state index contributed by atoms with van der Waals surface area (Å²) in [6.45, 7) is 3.51. The predicted molar refractivity (Wildman–Crippen MR) is 107 cm³/mol. The van der Waals surface area contributed by atoms with Crippen LogP contribution in [0.4, 0.5) is 31.3 Å². The molecule has 0 fully saturated rings. The molecule has 1 aromatic heterocycles. The number of hydrogen-bond donors (Lipinski definition) is 1. The van der Waals surface area contributed by atoms with Crippen LogP contribution in [0.5, 0.6) is 0 Å². The monoisotopic (exact) mass is 474 g/mol.